The third-order valence-corrected chi connectivity index (χ3v) is 4.78. The first-order chi connectivity index (χ1) is 12.1. The molecule has 0 radical (unpaired) electrons. The number of anilines is 1. The Labute approximate surface area is 146 Å². The van der Waals surface area contributed by atoms with Gasteiger partial charge in [0.15, 0.2) is 0 Å². The Morgan fingerprint density at radius 3 is 2.56 bits per heavy atom. The van der Waals surface area contributed by atoms with Crippen molar-refractivity contribution in [3.63, 3.8) is 0 Å². The minimum Gasteiger partial charge on any atom is -0.368 e. The number of nitro benzene ring substituents is 1. The van der Waals surface area contributed by atoms with Crippen LogP contribution in [0.1, 0.15) is 12.8 Å². The summed E-state index contributed by atoms with van der Waals surface area (Å²) >= 11 is 0. The zero-order valence-electron chi connectivity index (χ0n) is 14.2. The van der Waals surface area contributed by atoms with Crippen LogP contribution in [-0.4, -0.2) is 67.7 Å². The number of nitrogens with zero attached hydrogens (tertiary/aromatic N) is 3. The minimum absolute atomic E-state index is 0.000689. The predicted octanol–water partition coefficient (Wildman–Crippen LogP) is 1.01. The molecule has 2 aliphatic rings. The van der Waals surface area contributed by atoms with E-state index in [1.54, 1.807) is 23.1 Å². The number of para-hydroxylation sites is 2. The van der Waals surface area contributed by atoms with Crippen LogP contribution in [0.3, 0.4) is 0 Å². The maximum Gasteiger partial charge on any atom is 0.292 e. The summed E-state index contributed by atoms with van der Waals surface area (Å²) in [6.07, 6.45) is 2.05. The summed E-state index contributed by atoms with van der Waals surface area (Å²) < 4.78 is 5.73. The maximum absolute atomic E-state index is 12.3. The van der Waals surface area contributed by atoms with Crippen LogP contribution < -0.4 is 10.2 Å². The lowest BCUT2D eigenvalue weighted by Gasteiger charge is -2.36. The van der Waals surface area contributed by atoms with Crippen molar-refractivity contribution in [2.45, 2.75) is 18.9 Å². The molecule has 1 amide bonds. The van der Waals surface area contributed by atoms with Crippen LogP contribution in [0.25, 0.3) is 0 Å². The number of piperidine rings is 1. The Balaban J connectivity index is 1.50. The number of nitro groups is 1. The van der Waals surface area contributed by atoms with Crippen LogP contribution >= 0.6 is 0 Å². The van der Waals surface area contributed by atoms with Gasteiger partial charge in [-0.15, -0.1) is 0 Å². The summed E-state index contributed by atoms with van der Waals surface area (Å²) in [5.74, 6) is 0.000689. The molecule has 0 saturated carbocycles. The second kappa shape index (κ2) is 8.26. The third kappa shape index (κ3) is 4.46. The van der Waals surface area contributed by atoms with E-state index in [9.17, 15) is 14.9 Å². The standard InChI is InChI=1S/C17H24N4O4/c22-17(13-25-14-5-7-18-8-6-14)20-11-9-19(10-12-20)15-3-1-2-4-16(15)21(23)24/h1-4,14,18H,5-13H2. The molecule has 2 heterocycles. The Morgan fingerprint density at radius 1 is 1.20 bits per heavy atom. The van der Waals surface area contributed by atoms with Crippen LogP contribution in [-0.2, 0) is 9.53 Å². The van der Waals surface area contributed by atoms with Gasteiger partial charge >= 0.3 is 0 Å². The average molecular weight is 348 g/mol. The Hall–Kier alpha value is -2.19. The molecular formula is C17H24N4O4. The van der Waals surface area contributed by atoms with Crippen LogP contribution in [0.2, 0.25) is 0 Å². The molecule has 8 nitrogen and oxygen atoms in total. The second-order valence-corrected chi connectivity index (χ2v) is 6.37. The summed E-state index contributed by atoms with van der Waals surface area (Å²) in [5, 5.41) is 14.4. The average Bonchev–Trinajstić information content (AvgIpc) is 2.67. The number of carbonyl (C=O) groups excluding carboxylic acids is 1. The highest BCUT2D eigenvalue weighted by Gasteiger charge is 2.26. The Morgan fingerprint density at radius 2 is 1.88 bits per heavy atom. The van der Waals surface area contributed by atoms with Crippen molar-refractivity contribution in [2.75, 3.05) is 50.8 Å². The molecule has 3 rings (SSSR count). The van der Waals surface area contributed by atoms with Crippen molar-refractivity contribution in [3.05, 3.63) is 34.4 Å². The van der Waals surface area contributed by atoms with Gasteiger partial charge in [0.05, 0.1) is 11.0 Å². The van der Waals surface area contributed by atoms with Crippen molar-refractivity contribution in [2.24, 2.45) is 0 Å². The van der Waals surface area contributed by atoms with E-state index in [-0.39, 0.29) is 29.2 Å². The molecule has 136 valence electrons. The first kappa shape index (κ1) is 17.6. The smallest absolute Gasteiger partial charge is 0.292 e. The number of benzene rings is 1. The SMILES string of the molecule is O=C(COC1CCNCC1)N1CCN(c2ccccc2[N+](=O)[O-])CC1. The number of carbonyl (C=O) groups is 1. The van der Waals surface area contributed by atoms with E-state index in [1.165, 1.54) is 6.07 Å². The number of nitrogens with one attached hydrogen (secondary N) is 1. The highest BCUT2D eigenvalue weighted by Crippen LogP contribution is 2.28. The zero-order valence-corrected chi connectivity index (χ0v) is 14.2. The van der Waals surface area contributed by atoms with Gasteiger partial charge in [-0.2, -0.15) is 0 Å². The summed E-state index contributed by atoms with van der Waals surface area (Å²) in [7, 11) is 0. The molecule has 0 spiro atoms. The lowest BCUT2D eigenvalue weighted by atomic mass is 10.1. The van der Waals surface area contributed by atoms with E-state index in [4.69, 9.17) is 4.74 Å². The first-order valence-corrected chi connectivity index (χ1v) is 8.73. The number of ether oxygens (including phenoxy) is 1. The van der Waals surface area contributed by atoms with E-state index in [0.717, 1.165) is 25.9 Å². The predicted molar refractivity (Wildman–Crippen MR) is 93.7 cm³/mol. The highest BCUT2D eigenvalue weighted by molar-refractivity contribution is 5.78. The zero-order chi connectivity index (χ0) is 17.6. The van der Waals surface area contributed by atoms with Gasteiger partial charge < -0.3 is 19.9 Å². The Bertz CT molecular complexity index is 610. The van der Waals surface area contributed by atoms with Gasteiger partial charge in [-0.1, -0.05) is 12.1 Å². The second-order valence-electron chi connectivity index (χ2n) is 6.37. The van der Waals surface area contributed by atoms with Gasteiger partial charge in [0.2, 0.25) is 5.91 Å². The molecule has 25 heavy (non-hydrogen) atoms. The largest absolute Gasteiger partial charge is 0.368 e. The van der Waals surface area contributed by atoms with Crippen LogP contribution in [0.5, 0.6) is 0 Å². The molecule has 1 aromatic carbocycles. The van der Waals surface area contributed by atoms with Crippen molar-refractivity contribution in [1.82, 2.24) is 10.2 Å². The number of hydrogen-bond acceptors (Lipinski definition) is 6. The van der Waals surface area contributed by atoms with Gasteiger partial charge in [-0.3, -0.25) is 14.9 Å². The highest BCUT2D eigenvalue weighted by atomic mass is 16.6. The van der Waals surface area contributed by atoms with E-state index < -0.39 is 0 Å². The number of hydrogen-bond donors (Lipinski definition) is 1. The summed E-state index contributed by atoms with van der Waals surface area (Å²) in [6.45, 7) is 4.28. The topological polar surface area (TPSA) is 88.0 Å². The van der Waals surface area contributed by atoms with Crippen LogP contribution in [0.4, 0.5) is 11.4 Å². The fourth-order valence-corrected chi connectivity index (χ4v) is 3.33. The quantitative estimate of drug-likeness (QED) is 0.631. The van der Waals surface area contributed by atoms with Crippen LogP contribution in [0, 0.1) is 10.1 Å². The Kier molecular flexibility index (Phi) is 5.83. The monoisotopic (exact) mass is 348 g/mol. The number of piperazine rings is 1. The molecule has 2 aliphatic heterocycles. The summed E-state index contributed by atoms with van der Waals surface area (Å²) in [6, 6.07) is 6.74. The molecule has 1 aromatic rings. The van der Waals surface area contributed by atoms with Gasteiger partial charge in [-0.25, -0.2) is 0 Å². The van der Waals surface area contributed by atoms with E-state index in [2.05, 4.69) is 5.32 Å². The van der Waals surface area contributed by atoms with Gasteiger partial charge in [-0.05, 0) is 32.0 Å². The molecular weight excluding hydrogens is 324 g/mol. The molecule has 0 atom stereocenters. The summed E-state index contributed by atoms with van der Waals surface area (Å²) in [5.41, 5.74) is 0.724. The van der Waals surface area contributed by atoms with E-state index in [1.807, 2.05) is 4.90 Å². The molecule has 0 aliphatic carbocycles. The van der Waals surface area contributed by atoms with Gasteiger partial charge in [0, 0.05) is 32.2 Å². The molecule has 0 aromatic heterocycles. The molecule has 1 N–H and O–H groups in total. The molecule has 0 bridgehead atoms. The van der Waals surface area contributed by atoms with Crippen molar-refractivity contribution in [1.29, 1.82) is 0 Å². The molecule has 8 heteroatoms. The molecule has 2 fully saturated rings. The molecule has 2 saturated heterocycles. The maximum atomic E-state index is 12.3. The fraction of sp³-hybridized carbons (Fsp3) is 0.588. The summed E-state index contributed by atoms with van der Waals surface area (Å²) in [4.78, 5) is 26.9. The van der Waals surface area contributed by atoms with Gasteiger partial charge in [0.1, 0.15) is 12.3 Å². The van der Waals surface area contributed by atoms with Gasteiger partial charge in [0.25, 0.3) is 5.69 Å². The number of rotatable bonds is 5. The van der Waals surface area contributed by atoms with Crippen molar-refractivity contribution in [3.8, 4) is 0 Å². The lowest BCUT2D eigenvalue weighted by Crippen LogP contribution is -2.50. The van der Waals surface area contributed by atoms with E-state index in [0.29, 0.717) is 31.9 Å². The van der Waals surface area contributed by atoms with E-state index >= 15 is 0 Å². The van der Waals surface area contributed by atoms with Crippen molar-refractivity contribution >= 4 is 17.3 Å². The van der Waals surface area contributed by atoms with Crippen LogP contribution in [0.15, 0.2) is 24.3 Å². The van der Waals surface area contributed by atoms with Crippen molar-refractivity contribution < 1.29 is 14.5 Å². The first-order valence-electron chi connectivity index (χ1n) is 8.73. The molecule has 0 unspecified atom stereocenters. The third-order valence-electron chi connectivity index (χ3n) is 4.78. The lowest BCUT2D eigenvalue weighted by molar-refractivity contribution is -0.384. The number of amides is 1. The minimum atomic E-state index is -0.361. The normalized spacial score (nSPS) is 19.0. The fourth-order valence-electron chi connectivity index (χ4n) is 3.33.